The predicted molar refractivity (Wildman–Crippen MR) is 91.9 cm³/mol. The summed E-state index contributed by atoms with van der Waals surface area (Å²) in [6.07, 6.45) is -1.28. The van der Waals surface area contributed by atoms with Crippen LogP contribution in [0.25, 0.3) is 0 Å². The molecule has 6 rings (SSSR count). The van der Waals surface area contributed by atoms with Crippen LogP contribution in [-0.2, 0) is 24.6 Å². The van der Waals surface area contributed by atoms with Gasteiger partial charge in [-0.1, -0.05) is 18.2 Å². The maximum Gasteiger partial charge on any atom is 0.264 e. The summed E-state index contributed by atoms with van der Waals surface area (Å²) in [6.45, 7) is 1.87. The monoisotopic (exact) mass is 356 g/mol. The highest BCUT2D eigenvalue weighted by molar-refractivity contribution is 6.40. The number of aliphatic imine (C=N–C) groups is 1. The van der Waals surface area contributed by atoms with E-state index in [0.29, 0.717) is 24.4 Å². The first-order chi connectivity index (χ1) is 12.5. The summed E-state index contributed by atoms with van der Waals surface area (Å²) >= 11 is 0. The van der Waals surface area contributed by atoms with Gasteiger partial charge in [-0.15, -0.1) is 0 Å². The van der Waals surface area contributed by atoms with Gasteiger partial charge in [0, 0.05) is 18.8 Å². The average molecular weight is 356 g/mol. The highest BCUT2D eigenvalue weighted by Gasteiger charge is 2.67. The highest BCUT2D eigenvalue weighted by atomic mass is 16.7. The Labute approximate surface area is 150 Å². The van der Waals surface area contributed by atoms with E-state index in [4.69, 9.17) is 9.57 Å². The molecule has 0 unspecified atom stereocenters. The van der Waals surface area contributed by atoms with Gasteiger partial charge < -0.3 is 9.84 Å². The third-order valence-electron chi connectivity index (χ3n) is 6.45. The summed E-state index contributed by atoms with van der Waals surface area (Å²) in [6, 6.07) is 7.22. The van der Waals surface area contributed by atoms with Crippen molar-refractivity contribution in [3.05, 3.63) is 29.8 Å². The molecule has 3 fully saturated rings. The molecule has 2 saturated heterocycles. The molecule has 26 heavy (non-hydrogen) atoms. The van der Waals surface area contributed by atoms with Gasteiger partial charge in [0.1, 0.15) is 11.5 Å². The average Bonchev–Trinajstić information content (AvgIpc) is 3.01. The molecule has 0 aromatic heterocycles. The molecular formula is C19H20N2O5. The Morgan fingerprint density at radius 1 is 1.42 bits per heavy atom. The first kappa shape index (κ1) is 16.1. The molecule has 5 aliphatic rings. The number of hydroxylamine groups is 1. The molecule has 0 radical (unpaired) electrons. The molecule has 1 N–H and O–H groups in total. The zero-order valence-corrected chi connectivity index (χ0v) is 14.6. The number of hydrogen-bond donors (Lipinski definition) is 1. The maximum absolute atomic E-state index is 13.4. The molecule has 1 spiro atoms. The van der Waals surface area contributed by atoms with Gasteiger partial charge in [0.05, 0.1) is 37.3 Å². The molecule has 4 aliphatic heterocycles. The van der Waals surface area contributed by atoms with Crippen molar-refractivity contribution in [2.45, 2.75) is 37.0 Å². The van der Waals surface area contributed by atoms with Crippen LogP contribution in [0.15, 0.2) is 29.3 Å². The van der Waals surface area contributed by atoms with E-state index in [-0.39, 0.29) is 29.6 Å². The number of benzene rings is 1. The number of Topliss-reactive ketones (excluding diaryl/α,β-unsaturated/α-hetero) is 1. The van der Waals surface area contributed by atoms with E-state index in [1.54, 1.807) is 0 Å². The predicted octanol–water partition coefficient (Wildman–Crippen LogP) is 0.640. The Morgan fingerprint density at radius 3 is 2.92 bits per heavy atom. The number of amides is 1. The smallest absolute Gasteiger partial charge is 0.264 e. The Balaban J connectivity index is 1.72. The standard InChI is InChI=1S/C19H20N2O5/c1-9(22)15-14-10-8-26-17(16(14)23)19(7-12(10)20-15)11-5-3-4-6-13(11)21(25-2)18(19)24/h3-6,10,12,14,16-17,23H,7-8H2,1-2H3/t10-,12+,14-,16-,17-,19+/m1/s1. The summed E-state index contributed by atoms with van der Waals surface area (Å²) in [5.41, 5.74) is 0.862. The first-order valence-electron chi connectivity index (χ1n) is 8.87. The van der Waals surface area contributed by atoms with Crippen LogP contribution >= 0.6 is 0 Å². The largest absolute Gasteiger partial charge is 0.390 e. The fourth-order valence-electron chi connectivity index (χ4n) is 5.42. The second kappa shape index (κ2) is 5.22. The molecule has 7 nitrogen and oxygen atoms in total. The number of para-hydroxylation sites is 1. The van der Waals surface area contributed by atoms with Crippen molar-refractivity contribution < 1.29 is 24.3 Å². The number of nitrogens with zero attached hydrogens (tertiary/aromatic N) is 2. The fraction of sp³-hybridized carbons (Fsp3) is 0.526. The zero-order valence-electron chi connectivity index (χ0n) is 14.6. The lowest BCUT2D eigenvalue weighted by Gasteiger charge is -2.41. The topological polar surface area (TPSA) is 88.4 Å². The maximum atomic E-state index is 13.4. The number of carbonyl (C=O) groups excluding carboxylic acids is 2. The highest BCUT2D eigenvalue weighted by Crippen LogP contribution is 2.56. The van der Waals surface area contributed by atoms with Crippen molar-refractivity contribution in [2.75, 3.05) is 18.8 Å². The lowest BCUT2D eigenvalue weighted by Crippen LogP contribution is -2.58. The molecule has 136 valence electrons. The molecule has 6 atom stereocenters. The third-order valence-corrected chi connectivity index (χ3v) is 6.45. The number of fused-ring (bicyclic) bond motifs is 2. The van der Waals surface area contributed by atoms with Gasteiger partial charge in [0.25, 0.3) is 5.91 Å². The number of hydrogen-bond acceptors (Lipinski definition) is 6. The van der Waals surface area contributed by atoms with E-state index in [1.807, 2.05) is 24.3 Å². The van der Waals surface area contributed by atoms with Crippen molar-refractivity contribution in [1.82, 2.24) is 0 Å². The van der Waals surface area contributed by atoms with Gasteiger partial charge in [0.2, 0.25) is 0 Å². The van der Waals surface area contributed by atoms with Crippen LogP contribution in [0.4, 0.5) is 5.69 Å². The van der Waals surface area contributed by atoms with Crippen LogP contribution in [-0.4, -0.2) is 54.5 Å². The molecule has 1 aromatic carbocycles. The Morgan fingerprint density at radius 2 is 2.19 bits per heavy atom. The van der Waals surface area contributed by atoms with E-state index >= 15 is 0 Å². The fourth-order valence-corrected chi connectivity index (χ4v) is 5.42. The number of aliphatic hydroxyl groups is 1. The van der Waals surface area contributed by atoms with Crippen LogP contribution in [0.5, 0.6) is 0 Å². The van der Waals surface area contributed by atoms with Gasteiger partial charge in [0.15, 0.2) is 5.78 Å². The number of ketones is 1. The van der Waals surface area contributed by atoms with Crippen LogP contribution in [0.1, 0.15) is 18.9 Å². The van der Waals surface area contributed by atoms with E-state index in [2.05, 4.69) is 4.99 Å². The van der Waals surface area contributed by atoms with Crippen molar-refractivity contribution in [1.29, 1.82) is 0 Å². The third kappa shape index (κ3) is 1.71. The molecule has 1 aliphatic carbocycles. The van der Waals surface area contributed by atoms with Gasteiger partial charge in [-0.3, -0.25) is 19.4 Å². The molecule has 4 heterocycles. The number of anilines is 1. The van der Waals surface area contributed by atoms with Crippen LogP contribution in [0.2, 0.25) is 0 Å². The van der Waals surface area contributed by atoms with Gasteiger partial charge in [-0.05, 0) is 18.1 Å². The summed E-state index contributed by atoms with van der Waals surface area (Å²) in [5.74, 6) is -0.795. The zero-order chi connectivity index (χ0) is 18.2. The van der Waals surface area contributed by atoms with E-state index in [9.17, 15) is 14.7 Å². The molecule has 1 aromatic rings. The Kier molecular flexibility index (Phi) is 3.23. The van der Waals surface area contributed by atoms with Crippen molar-refractivity contribution in [2.24, 2.45) is 16.8 Å². The number of carbonyl (C=O) groups is 2. The van der Waals surface area contributed by atoms with Crippen molar-refractivity contribution in [3.63, 3.8) is 0 Å². The summed E-state index contributed by atoms with van der Waals surface area (Å²) in [5, 5.41) is 12.4. The minimum Gasteiger partial charge on any atom is -0.390 e. The summed E-state index contributed by atoms with van der Waals surface area (Å²) in [7, 11) is 1.46. The minimum atomic E-state index is -1.05. The number of rotatable bonds is 2. The number of aliphatic hydroxyl groups excluding tert-OH is 1. The lowest BCUT2D eigenvalue weighted by molar-refractivity contribution is -0.152. The number of ether oxygens (including phenoxy) is 1. The van der Waals surface area contributed by atoms with Crippen LogP contribution in [0.3, 0.4) is 0 Å². The van der Waals surface area contributed by atoms with Crippen LogP contribution in [0, 0.1) is 11.8 Å². The van der Waals surface area contributed by atoms with Gasteiger partial charge in [-0.2, -0.15) is 5.06 Å². The lowest BCUT2D eigenvalue weighted by atomic mass is 9.70. The molecule has 4 bridgehead atoms. The minimum absolute atomic E-state index is 0.0731. The molecule has 1 amide bonds. The first-order valence-corrected chi connectivity index (χ1v) is 8.87. The summed E-state index contributed by atoms with van der Waals surface area (Å²) in [4.78, 5) is 35.4. The SMILES string of the molecule is CON1C(=O)[C@@]2(C[C@@H]3N=C(C(C)=O)[C@@H]4[C@@H](O)[C@H]2OC[C@@H]43)c2ccccc21. The van der Waals surface area contributed by atoms with E-state index in [1.165, 1.54) is 19.1 Å². The second-order valence-corrected chi connectivity index (χ2v) is 7.55. The quantitative estimate of drug-likeness (QED) is 0.840. The Bertz CT molecular complexity index is 852. The van der Waals surface area contributed by atoms with E-state index in [0.717, 1.165) is 5.56 Å². The van der Waals surface area contributed by atoms with Crippen molar-refractivity contribution >= 4 is 23.1 Å². The van der Waals surface area contributed by atoms with E-state index < -0.39 is 17.6 Å². The second-order valence-electron chi connectivity index (χ2n) is 7.55. The molecular weight excluding hydrogens is 336 g/mol. The van der Waals surface area contributed by atoms with Crippen LogP contribution < -0.4 is 5.06 Å². The van der Waals surface area contributed by atoms with Crippen molar-refractivity contribution in [3.8, 4) is 0 Å². The molecule has 7 heteroatoms. The van der Waals surface area contributed by atoms with Gasteiger partial charge in [-0.25, -0.2) is 0 Å². The Hall–Kier alpha value is -2.09. The summed E-state index contributed by atoms with van der Waals surface area (Å²) < 4.78 is 6.04. The van der Waals surface area contributed by atoms with Gasteiger partial charge >= 0.3 is 0 Å². The molecule has 1 saturated carbocycles. The normalized spacial score (nSPS) is 40.0.